The molecule has 3 rings (SSSR count). The summed E-state index contributed by atoms with van der Waals surface area (Å²) in [7, 11) is 0. The Hall–Kier alpha value is -2.58. The van der Waals surface area contributed by atoms with E-state index in [4.69, 9.17) is 0 Å². The molecule has 8 heteroatoms. The zero-order valence-corrected chi connectivity index (χ0v) is 14.7. The van der Waals surface area contributed by atoms with Gasteiger partial charge in [0.05, 0.1) is 18.2 Å². The summed E-state index contributed by atoms with van der Waals surface area (Å²) >= 11 is 0. The van der Waals surface area contributed by atoms with Gasteiger partial charge >= 0.3 is 5.69 Å². The number of para-hydroxylation sites is 1. The van der Waals surface area contributed by atoms with Gasteiger partial charge in [-0.3, -0.25) is 9.13 Å². The molecule has 0 aliphatic rings. The van der Waals surface area contributed by atoms with Crippen LogP contribution in [0.1, 0.15) is 31.5 Å². The summed E-state index contributed by atoms with van der Waals surface area (Å²) in [6.45, 7) is 2.65. The quantitative estimate of drug-likeness (QED) is 0.715. The second kappa shape index (κ2) is 7.21. The SMILES string of the molecule is CC(C)n1c(=O)n(C(c2ccc(F)cc2F)C(O)CO)c2c(F)cccc21. The first-order valence-corrected chi connectivity index (χ1v) is 8.42. The van der Waals surface area contributed by atoms with E-state index in [0.29, 0.717) is 6.07 Å². The van der Waals surface area contributed by atoms with Crippen LogP contribution in [-0.2, 0) is 0 Å². The highest BCUT2D eigenvalue weighted by Gasteiger charge is 2.31. The van der Waals surface area contributed by atoms with E-state index in [0.717, 1.165) is 22.8 Å². The lowest BCUT2D eigenvalue weighted by Crippen LogP contribution is -2.37. The minimum Gasteiger partial charge on any atom is -0.394 e. The molecule has 0 aliphatic heterocycles. The maximum absolute atomic E-state index is 14.6. The van der Waals surface area contributed by atoms with Gasteiger partial charge < -0.3 is 10.2 Å². The van der Waals surface area contributed by atoms with Crippen LogP contribution in [0.2, 0.25) is 0 Å². The number of aromatic nitrogens is 2. The van der Waals surface area contributed by atoms with Crippen LogP contribution in [0.15, 0.2) is 41.2 Å². The van der Waals surface area contributed by atoms with Crippen molar-refractivity contribution in [2.45, 2.75) is 32.0 Å². The van der Waals surface area contributed by atoms with Gasteiger partial charge in [0.2, 0.25) is 0 Å². The normalized spacial score (nSPS) is 14.1. The molecule has 2 unspecified atom stereocenters. The number of hydrogen-bond donors (Lipinski definition) is 2. The molecule has 1 aromatic heterocycles. The molecular weight excluding hydrogens is 361 g/mol. The first-order chi connectivity index (χ1) is 12.8. The smallest absolute Gasteiger partial charge is 0.330 e. The predicted molar refractivity (Wildman–Crippen MR) is 94.1 cm³/mol. The fourth-order valence-electron chi connectivity index (χ4n) is 3.37. The molecule has 0 aliphatic carbocycles. The van der Waals surface area contributed by atoms with Crippen molar-refractivity contribution in [1.29, 1.82) is 0 Å². The summed E-state index contributed by atoms with van der Waals surface area (Å²) in [6.07, 6.45) is -1.62. The van der Waals surface area contributed by atoms with Gasteiger partial charge in [-0.1, -0.05) is 12.1 Å². The summed E-state index contributed by atoms with van der Waals surface area (Å²) in [5.41, 5.74) is -0.762. The number of aliphatic hydroxyl groups is 2. The molecular formula is C19H19F3N2O3. The Bertz CT molecular complexity index is 1040. The van der Waals surface area contributed by atoms with Gasteiger partial charge in [0.15, 0.2) is 0 Å². The van der Waals surface area contributed by atoms with Crippen LogP contribution < -0.4 is 5.69 Å². The van der Waals surface area contributed by atoms with E-state index < -0.39 is 41.9 Å². The molecule has 0 radical (unpaired) electrons. The van der Waals surface area contributed by atoms with Crippen LogP contribution >= 0.6 is 0 Å². The Morgan fingerprint density at radius 1 is 1.04 bits per heavy atom. The monoisotopic (exact) mass is 380 g/mol. The van der Waals surface area contributed by atoms with Crippen molar-refractivity contribution in [3.05, 3.63) is 69.9 Å². The molecule has 2 N–H and O–H groups in total. The molecule has 0 saturated heterocycles. The van der Waals surface area contributed by atoms with E-state index in [-0.39, 0.29) is 22.6 Å². The number of hydrogen-bond acceptors (Lipinski definition) is 3. The lowest BCUT2D eigenvalue weighted by Gasteiger charge is -2.24. The number of halogens is 3. The minimum atomic E-state index is -1.62. The van der Waals surface area contributed by atoms with Gasteiger partial charge in [-0.25, -0.2) is 18.0 Å². The van der Waals surface area contributed by atoms with Crippen molar-refractivity contribution >= 4 is 11.0 Å². The first kappa shape index (κ1) is 19.2. The summed E-state index contributed by atoms with van der Waals surface area (Å²) in [5.74, 6) is -2.58. The molecule has 27 heavy (non-hydrogen) atoms. The molecule has 0 amide bonds. The van der Waals surface area contributed by atoms with Gasteiger partial charge in [0.1, 0.15) is 29.1 Å². The Labute approximate surface area is 152 Å². The number of fused-ring (bicyclic) bond motifs is 1. The van der Waals surface area contributed by atoms with Crippen molar-refractivity contribution in [3.8, 4) is 0 Å². The van der Waals surface area contributed by atoms with Gasteiger partial charge in [-0.2, -0.15) is 0 Å². The maximum Gasteiger partial charge on any atom is 0.330 e. The van der Waals surface area contributed by atoms with E-state index in [9.17, 15) is 28.2 Å². The molecule has 1 heterocycles. The van der Waals surface area contributed by atoms with Crippen LogP contribution in [0.25, 0.3) is 11.0 Å². The van der Waals surface area contributed by atoms with Gasteiger partial charge in [-0.05, 0) is 32.0 Å². The van der Waals surface area contributed by atoms with Crippen molar-refractivity contribution in [2.24, 2.45) is 0 Å². The van der Waals surface area contributed by atoms with Crippen molar-refractivity contribution in [2.75, 3.05) is 6.61 Å². The highest BCUT2D eigenvalue weighted by molar-refractivity contribution is 5.77. The molecule has 3 aromatic rings. The first-order valence-electron chi connectivity index (χ1n) is 8.42. The fourth-order valence-corrected chi connectivity index (χ4v) is 3.37. The molecule has 2 aromatic carbocycles. The summed E-state index contributed by atoms with van der Waals surface area (Å²) in [6, 6.07) is 4.99. The molecule has 5 nitrogen and oxygen atoms in total. The van der Waals surface area contributed by atoms with E-state index in [1.807, 2.05) is 0 Å². The Morgan fingerprint density at radius 3 is 2.33 bits per heavy atom. The van der Waals surface area contributed by atoms with Crippen molar-refractivity contribution in [3.63, 3.8) is 0 Å². The fraction of sp³-hybridized carbons (Fsp3) is 0.316. The average molecular weight is 380 g/mol. The average Bonchev–Trinajstić information content (AvgIpc) is 2.90. The Kier molecular flexibility index (Phi) is 5.12. The van der Waals surface area contributed by atoms with Gasteiger partial charge in [-0.15, -0.1) is 0 Å². The van der Waals surface area contributed by atoms with Gasteiger partial charge in [0, 0.05) is 17.7 Å². The number of rotatable bonds is 5. The van der Waals surface area contributed by atoms with Gasteiger partial charge in [0.25, 0.3) is 0 Å². The Morgan fingerprint density at radius 2 is 1.74 bits per heavy atom. The van der Waals surface area contributed by atoms with Crippen LogP contribution in [0.3, 0.4) is 0 Å². The molecule has 2 atom stereocenters. The lowest BCUT2D eigenvalue weighted by molar-refractivity contribution is 0.0628. The third kappa shape index (κ3) is 3.15. The number of nitrogens with zero attached hydrogens (tertiary/aromatic N) is 2. The Balaban J connectivity index is 2.42. The molecule has 0 fully saturated rings. The molecule has 0 saturated carbocycles. The van der Waals surface area contributed by atoms with Crippen molar-refractivity contribution < 1.29 is 23.4 Å². The summed E-state index contributed by atoms with van der Waals surface area (Å²) < 4.78 is 44.6. The highest BCUT2D eigenvalue weighted by atomic mass is 19.1. The molecule has 0 spiro atoms. The number of imidazole rings is 1. The topological polar surface area (TPSA) is 67.4 Å². The minimum absolute atomic E-state index is 0.127. The van der Waals surface area contributed by atoms with E-state index in [1.165, 1.54) is 10.6 Å². The van der Waals surface area contributed by atoms with Crippen LogP contribution in [0.5, 0.6) is 0 Å². The summed E-state index contributed by atoms with van der Waals surface area (Å²) in [4.78, 5) is 13.1. The largest absolute Gasteiger partial charge is 0.394 e. The zero-order valence-electron chi connectivity index (χ0n) is 14.7. The third-order valence-electron chi connectivity index (χ3n) is 4.51. The van der Waals surface area contributed by atoms with Crippen LogP contribution in [-0.4, -0.2) is 32.1 Å². The number of aliphatic hydroxyl groups excluding tert-OH is 2. The lowest BCUT2D eigenvalue weighted by atomic mass is 10.0. The second-order valence-electron chi connectivity index (χ2n) is 6.58. The van der Waals surface area contributed by atoms with E-state index in [1.54, 1.807) is 19.9 Å². The molecule has 0 bridgehead atoms. The second-order valence-corrected chi connectivity index (χ2v) is 6.58. The zero-order chi connectivity index (χ0) is 19.9. The highest BCUT2D eigenvalue weighted by Crippen LogP contribution is 2.30. The summed E-state index contributed by atoms with van der Waals surface area (Å²) in [5, 5.41) is 19.8. The maximum atomic E-state index is 14.6. The van der Waals surface area contributed by atoms with Crippen LogP contribution in [0.4, 0.5) is 13.2 Å². The number of benzene rings is 2. The van der Waals surface area contributed by atoms with Crippen LogP contribution in [0, 0.1) is 17.5 Å². The standard InChI is InChI=1S/C19H19F3N2O3/c1-10(2)23-15-5-3-4-13(21)18(15)24(19(23)27)17(16(26)9-25)12-7-6-11(20)8-14(12)22/h3-8,10,16-17,25-26H,9H2,1-2H3. The van der Waals surface area contributed by atoms with E-state index >= 15 is 0 Å². The van der Waals surface area contributed by atoms with Crippen molar-refractivity contribution in [1.82, 2.24) is 9.13 Å². The molecule has 144 valence electrons. The van der Waals surface area contributed by atoms with E-state index in [2.05, 4.69) is 0 Å². The predicted octanol–water partition coefficient (Wildman–Crippen LogP) is 2.74. The third-order valence-corrected chi connectivity index (χ3v) is 4.51.